The van der Waals surface area contributed by atoms with Gasteiger partial charge in [-0.1, -0.05) is 30.3 Å². The highest BCUT2D eigenvalue weighted by molar-refractivity contribution is 6.00. The second kappa shape index (κ2) is 9.81. The fourth-order valence-corrected chi connectivity index (χ4v) is 6.57. The maximum Gasteiger partial charge on any atom is 0.251 e. The smallest absolute Gasteiger partial charge is 0.251 e. The Kier molecular flexibility index (Phi) is 6.37. The number of β-amino-alcohol motifs (C(OH)–C–C–N with tert-alkyl or cyclic N) is 1. The van der Waals surface area contributed by atoms with Gasteiger partial charge in [0.25, 0.3) is 5.91 Å². The Morgan fingerprint density at radius 3 is 2.53 bits per heavy atom. The number of Topliss-reactive ketones (excluding diaryl/α,β-unsaturated/α-hetero) is 1. The predicted octanol–water partition coefficient (Wildman–Crippen LogP) is 2.75. The van der Waals surface area contributed by atoms with Crippen LogP contribution in [0.1, 0.15) is 44.8 Å². The third kappa shape index (κ3) is 4.47. The number of ketones is 1. The molecular weight excluding hydrogens is 452 g/mol. The van der Waals surface area contributed by atoms with E-state index in [-0.39, 0.29) is 24.2 Å². The molecule has 7 heteroatoms. The van der Waals surface area contributed by atoms with Crippen molar-refractivity contribution in [2.45, 2.75) is 31.9 Å². The first-order chi connectivity index (χ1) is 17.6. The van der Waals surface area contributed by atoms with Gasteiger partial charge in [0, 0.05) is 59.8 Å². The molecule has 0 spiro atoms. The summed E-state index contributed by atoms with van der Waals surface area (Å²) in [6.45, 7) is 4.19. The number of aliphatic hydroxyl groups excluding tert-OH is 1. The molecule has 1 saturated heterocycles. The van der Waals surface area contributed by atoms with Gasteiger partial charge in [-0.2, -0.15) is 0 Å². The molecular formula is C29H34N4O3. The molecule has 3 heterocycles. The van der Waals surface area contributed by atoms with Crippen molar-refractivity contribution in [1.29, 1.82) is 0 Å². The van der Waals surface area contributed by atoms with Crippen molar-refractivity contribution in [2.75, 3.05) is 32.7 Å². The monoisotopic (exact) mass is 486 g/mol. The maximum absolute atomic E-state index is 13.1. The quantitative estimate of drug-likeness (QED) is 0.385. The third-order valence-corrected chi connectivity index (χ3v) is 8.40. The number of hydrogen-bond donors (Lipinski definition) is 4. The highest BCUT2D eigenvalue weighted by atomic mass is 16.3. The minimum Gasteiger partial charge on any atom is -0.390 e. The van der Waals surface area contributed by atoms with E-state index in [4.69, 9.17) is 0 Å². The minimum absolute atomic E-state index is 0.108. The second-order valence-corrected chi connectivity index (χ2v) is 10.7. The predicted molar refractivity (Wildman–Crippen MR) is 139 cm³/mol. The lowest BCUT2D eigenvalue weighted by molar-refractivity contribution is 0.0821. The van der Waals surface area contributed by atoms with Crippen LogP contribution in [0.2, 0.25) is 0 Å². The van der Waals surface area contributed by atoms with E-state index >= 15 is 0 Å². The van der Waals surface area contributed by atoms with Crippen LogP contribution in [0.25, 0.3) is 10.9 Å². The van der Waals surface area contributed by atoms with E-state index in [0.717, 1.165) is 51.0 Å². The van der Waals surface area contributed by atoms with E-state index in [0.29, 0.717) is 29.5 Å². The Balaban J connectivity index is 1.01. The van der Waals surface area contributed by atoms with Gasteiger partial charge in [-0.05, 0) is 68.0 Å². The zero-order valence-electron chi connectivity index (χ0n) is 20.5. The molecule has 1 saturated carbocycles. The first-order valence-electron chi connectivity index (χ1n) is 13.2. The molecule has 1 amide bonds. The second-order valence-electron chi connectivity index (χ2n) is 10.7. The molecule has 1 aliphatic carbocycles. The molecule has 2 fully saturated rings. The summed E-state index contributed by atoms with van der Waals surface area (Å²) in [4.78, 5) is 31.5. The fraction of sp³-hybridized carbons (Fsp3) is 0.448. The first kappa shape index (κ1) is 23.4. The number of rotatable bonds is 7. The lowest BCUT2D eigenvalue weighted by atomic mass is 9.80. The van der Waals surface area contributed by atoms with E-state index in [1.54, 1.807) is 24.3 Å². The van der Waals surface area contributed by atoms with E-state index in [9.17, 15) is 14.7 Å². The Morgan fingerprint density at radius 1 is 1.03 bits per heavy atom. The summed E-state index contributed by atoms with van der Waals surface area (Å²) >= 11 is 0. The number of aromatic nitrogens is 1. The van der Waals surface area contributed by atoms with Crippen LogP contribution in [0.3, 0.4) is 0 Å². The Bertz CT molecular complexity index is 1250. The van der Waals surface area contributed by atoms with Gasteiger partial charge in [0.05, 0.1) is 6.10 Å². The molecule has 2 aliphatic heterocycles. The van der Waals surface area contributed by atoms with Crippen molar-refractivity contribution >= 4 is 22.6 Å². The molecule has 188 valence electrons. The molecule has 3 atom stereocenters. The van der Waals surface area contributed by atoms with E-state index in [2.05, 4.69) is 38.7 Å². The maximum atomic E-state index is 13.1. The summed E-state index contributed by atoms with van der Waals surface area (Å²) in [6, 6.07) is 15.4. The van der Waals surface area contributed by atoms with Gasteiger partial charge in [0.1, 0.15) is 0 Å². The summed E-state index contributed by atoms with van der Waals surface area (Å²) in [6.07, 6.45) is 2.53. The van der Waals surface area contributed by atoms with Crippen LogP contribution in [0, 0.1) is 17.8 Å². The lowest BCUT2D eigenvalue weighted by Crippen LogP contribution is -2.42. The number of nitrogens with one attached hydrogen (secondary N) is 3. The molecule has 2 bridgehead atoms. The molecule has 1 aromatic heterocycles. The number of carbonyl (C=O) groups excluding carboxylic acids is 2. The number of nitrogens with zero attached hydrogens (tertiary/aromatic N) is 1. The molecule has 2 aromatic carbocycles. The number of hydrogen-bond acceptors (Lipinski definition) is 5. The molecule has 3 aliphatic rings. The van der Waals surface area contributed by atoms with Crippen LogP contribution < -0.4 is 10.6 Å². The van der Waals surface area contributed by atoms with Crippen LogP contribution in [-0.4, -0.2) is 65.5 Å². The molecule has 3 aromatic rings. The molecule has 4 N–H and O–H groups in total. The van der Waals surface area contributed by atoms with Crippen molar-refractivity contribution in [3.63, 3.8) is 0 Å². The summed E-state index contributed by atoms with van der Waals surface area (Å²) in [7, 11) is 0. The van der Waals surface area contributed by atoms with Crippen molar-refractivity contribution in [3.8, 4) is 0 Å². The summed E-state index contributed by atoms with van der Waals surface area (Å²) in [5.74, 6) is 0.959. The number of carbonyl (C=O) groups is 2. The average Bonchev–Trinajstić information content (AvgIpc) is 3.39. The first-order valence-corrected chi connectivity index (χ1v) is 13.2. The minimum atomic E-state index is -0.656. The van der Waals surface area contributed by atoms with Gasteiger partial charge in [-0.25, -0.2) is 0 Å². The highest BCUT2D eigenvalue weighted by Crippen LogP contribution is 2.41. The molecule has 7 nitrogen and oxygen atoms in total. The van der Waals surface area contributed by atoms with Crippen LogP contribution in [0.4, 0.5) is 0 Å². The number of aliphatic hydroxyl groups is 1. The van der Waals surface area contributed by atoms with Crippen LogP contribution in [0.5, 0.6) is 0 Å². The standard InChI is InChI=1S/C29H34N4O3/c34-22(16-33-12-11-24-23-3-1-2-4-25(23)32-26(24)17-33)15-31-29(36)19-7-5-18(6-8-19)28(35)27-20-9-10-21(27)14-30-13-20/h1-8,20-22,27,30,32,34H,9-17H2,(H,31,36). The number of para-hydroxylation sites is 1. The van der Waals surface area contributed by atoms with Crippen molar-refractivity contribution in [3.05, 3.63) is 70.9 Å². The number of piperidine rings is 1. The van der Waals surface area contributed by atoms with Crippen LogP contribution >= 0.6 is 0 Å². The molecule has 3 unspecified atom stereocenters. The van der Waals surface area contributed by atoms with E-state index < -0.39 is 6.10 Å². The van der Waals surface area contributed by atoms with Gasteiger partial charge in [0.15, 0.2) is 5.78 Å². The average molecular weight is 487 g/mol. The fourth-order valence-electron chi connectivity index (χ4n) is 6.57. The number of fused-ring (bicyclic) bond motifs is 5. The zero-order valence-corrected chi connectivity index (χ0v) is 20.5. The Morgan fingerprint density at radius 2 is 1.75 bits per heavy atom. The van der Waals surface area contributed by atoms with Gasteiger partial charge in [0.2, 0.25) is 0 Å². The van der Waals surface area contributed by atoms with Gasteiger partial charge in [-0.3, -0.25) is 14.5 Å². The number of H-pyrrole nitrogens is 1. The normalized spacial score (nSPS) is 24.4. The highest BCUT2D eigenvalue weighted by Gasteiger charge is 2.43. The Hall–Kier alpha value is -3.00. The van der Waals surface area contributed by atoms with Crippen molar-refractivity contribution < 1.29 is 14.7 Å². The number of aromatic amines is 1. The van der Waals surface area contributed by atoms with E-state index in [1.807, 2.05) is 6.07 Å². The zero-order chi connectivity index (χ0) is 24.6. The SMILES string of the molecule is O=C(NCC(O)CN1CCc2c([nH]c3ccccc23)C1)c1ccc(C(=O)C2C3CCC2CNC3)cc1. The van der Waals surface area contributed by atoms with Crippen molar-refractivity contribution in [2.24, 2.45) is 17.8 Å². The van der Waals surface area contributed by atoms with Crippen LogP contribution in [0.15, 0.2) is 48.5 Å². The van der Waals surface area contributed by atoms with Gasteiger partial charge < -0.3 is 20.7 Å². The summed E-state index contributed by atoms with van der Waals surface area (Å²) < 4.78 is 0. The van der Waals surface area contributed by atoms with Crippen LogP contribution in [-0.2, 0) is 13.0 Å². The molecule has 6 rings (SSSR count). The molecule has 0 radical (unpaired) electrons. The van der Waals surface area contributed by atoms with Crippen molar-refractivity contribution in [1.82, 2.24) is 20.5 Å². The van der Waals surface area contributed by atoms with E-state index in [1.165, 1.54) is 16.6 Å². The van der Waals surface area contributed by atoms with Gasteiger partial charge >= 0.3 is 0 Å². The van der Waals surface area contributed by atoms with Gasteiger partial charge in [-0.15, -0.1) is 0 Å². The summed E-state index contributed by atoms with van der Waals surface area (Å²) in [5, 5.41) is 18.2. The third-order valence-electron chi connectivity index (χ3n) is 8.40. The molecule has 36 heavy (non-hydrogen) atoms. The summed E-state index contributed by atoms with van der Waals surface area (Å²) in [5.41, 5.74) is 4.95. The largest absolute Gasteiger partial charge is 0.390 e. The topological polar surface area (TPSA) is 97.5 Å². The number of amides is 1. The number of benzene rings is 2. The Labute approximate surface area is 211 Å². The lowest BCUT2D eigenvalue weighted by Gasteiger charge is -2.29.